The molecule has 176 valence electrons. The lowest BCUT2D eigenvalue weighted by Gasteiger charge is -2.24. The van der Waals surface area contributed by atoms with Crippen LogP contribution in [0.2, 0.25) is 0 Å². The molecule has 0 aliphatic heterocycles. The second kappa shape index (κ2) is 13.9. The number of nitrogens with one attached hydrogen (secondary N) is 3. The fourth-order valence-electron chi connectivity index (χ4n) is 2.35. The third-order valence-electron chi connectivity index (χ3n) is 4.05. The Morgan fingerprint density at radius 3 is 1.77 bits per heavy atom. The summed E-state index contributed by atoms with van der Waals surface area (Å²) in [6, 6.07) is -5.64. The summed E-state index contributed by atoms with van der Waals surface area (Å²) in [5, 5.41) is 33.1. The Morgan fingerprint density at radius 1 is 0.774 bits per heavy atom. The van der Waals surface area contributed by atoms with Crippen LogP contribution >= 0.6 is 0 Å². The number of amides is 3. The Kier molecular flexibility index (Phi) is 12.4. The van der Waals surface area contributed by atoms with Gasteiger partial charge >= 0.3 is 17.9 Å². The quantitative estimate of drug-likeness (QED) is 0.117. The van der Waals surface area contributed by atoms with Gasteiger partial charge in [-0.15, -0.1) is 0 Å². The van der Waals surface area contributed by atoms with Crippen molar-refractivity contribution in [2.45, 2.75) is 63.2 Å². The normalized spacial score (nSPS) is 14.4. The zero-order chi connectivity index (χ0) is 24.1. The zero-order valence-electron chi connectivity index (χ0n) is 17.0. The minimum Gasteiger partial charge on any atom is -0.481 e. The van der Waals surface area contributed by atoms with Gasteiger partial charge in [-0.2, -0.15) is 0 Å². The average molecular weight is 447 g/mol. The average Bonchev–Trinajstić information content (AvgIpc) is 2.65. The molecule has 4 atom stereocenters. The van der Waals surface area contributed by atoms with Crippen LogP contribution in [0.5, 0.6) is 0 Å². The summed E-state index contributed by atoms with van der Waals surface area (Å²) in [5.74, 6) is -7.01. The molecule has 0 aromatic heterocycles. The van der Waals surface area contributed by atoms with Gasteiger partial charge in [0.2, 0.25) is 17.7 Å². The SMILES string of the molecule is CC(NC(=O)C(CC(=O)O)NC(=O)C(CCCCN)NC(=O)C(N)CC(=O)O)C(=O)O. The number of nitrogens with two attached hydrogens (primary N) is 2. The molecule has 0 rings (SSSR count). The van der Waals surface area contributed by atoms with Crippen molar-refractivity contribution in [1.29, 1.82) is 0 Å². The lowest BCUT2D eigenvalue weighted by atomic mass is 10.1. The molecule has 0 radical (unpaired) electrons. The molecule has 0 heterocycles. The van der Waals surface area contributed by atoms with Crippen LogP contribution < -0.4 is 27.4 Å². The van der Waals surface area contributed by atoms with Gasteiger partial charge in [-0.1, -0.05) is 0 Å². The summed E-state index contributed by atoms with van der Waals surface area (Å²) in [6.45, 7) is 1.46. The molecule has 0 bridgehead atoms. The maximum Gasteiger partial charge on any atom is 0.325 e. The molecule has 14 nitrogen and oxygen atoms in total. The molecule has 0 saturated carbocycles. The van der Waals surface area contributed by atoms with E-state index < -0.39 is 72.6 Å². The standard InChI is InChI=1S/C17H29N5O9/c1-8(17(30)31)20-16(29)11(7-13(25)26)22-15(28)10(4-2-3-5-18)21-14(27)9(19)6-12(23)24/h8-11H,2-7,18-19H2,1H3,(H,20,29)(H,21,27)(H,22,28)(H,23,24)(H,25,26)(H,30,31). The number of carbonyl (C=O) groups excluding carboxylic acids is 3. The fraction of sp³-hybridized carbons (Fsp3) is 0.647. The molecule has 0 fully saturated rings. The summed E-state index contributed by atoms with van der Waals surface area (Å²) >= 11 is 0. The van der Waals surface area contributed by atoms with Crippen molar-refractivity contribution < 1.29 is 44.1 Å². The first-order valence-electron chi connectivity index (χ1n) is 9.42. The van der Waals surface area contributed by atoms with Gasteiger partial charge in [0.1, 0.15) is 18.1 Å². The van der Waals surface area contributed by atoms with Crippen molar-refractivity contribution >= 4 is 35.6 Å². The molecule has 10 N–H and O–H groups in total. The predicted octanol–water partition coefficient (Wildman–Crippen LogP) is -3.05. The van der Waals surface area contributed by atoms with Gasteiger partial charge in [0.25, 0.3) is 0 Å². The molecular weight excluding hydrogens is 418 g/mol. The van der Waals surface area contributed by atoms with Crippen molar-refractivity contribution in [1.82, 2.24) is 16.0 Å². The molecule has 14 heteroatoms. The highest BCUT2D eigenvalue weighted by atomic mass is 16.4. The minimum atomic E-state index is -1.62. The lowest BCUT2D eigenvalue weighted by molar-refractivity contribution is -0.143. The van der Waals surface area contributed by atoms with Gasteiger partial charge in [0.05, 0.1) is 18.9 Å². The van der Waals surface area contributed by atoms with Crippen molar-refractivity contribution in [3.05, 3.63) is 0 Å². The molecule has 0 aliphatic carbocycles. The Balaban J connectivity index is 5.38. The lowest BCUT2D eigenvalue weighted by Crippen LogP contribution is -2.57. The number of rotatable bonds is 15. The summed E-state index contributed by atoms with van der Waals surface area (Å²) < 4.78 is 0. The van der Waals surface area contributed by atoms with Crippen LogP contribution in [-0.2, 0) is 28.8 Å². The van der Waals surface area contributed by atoms with Crippen LogP contribution in [0.4, 0.5) is 0 Å². The highest BCUT2D eigenvalue weighted by molar-refractivity contribution is 5.95. The van der Waals surface area contributed by atoms with E-state index in [0.29, 0.717) is 19.4 Å². The molecular formula is C17H29N5O9. The third-order valence-corrected chi connectivity index (χ3v) is 4.05. The van der Waals surface area contributed by atoms with Crippen molar-refractivity contribution in [2.75, 3.05) is 6.54 Å². The van der Waals surface area contributed by atoms with Crippen LogP contribution in [0.1, 0.15) is 39.0 Å². The number of unbranched alkanes of at least 4 members (excludes halogenated alkanes) is 1. The van der Waals surface area contributed by atoms with Gasteiger partial charge in [0, 0.05) is 0 Å². The Hall–Kier alpha value is -3.26. The molecule has 0 aliphatic rings. The van der Waals surface area contributed by atoms with Crippen LogP contribution in [-0.4, -0.2) is 81.7 Å². The van der Waals surface area contributed by atoms with Crippen molar-refractivity contribution in [3.8, 4) is 0 Å². The number of carboxylic acids is 3. The van der Waals surface area contributed by atoms with Gasteiger partial charge < -0.3 is 42.7 Å². The first kappa shape index (κ1) is 27.7. The molecule has 0 spiro atoms. The van der Waals surface area contributed by atoms with E-state index in [4.69, 9.17) is 26.8 Å². The highest BCUT2D eigenvalue weighted by Crippen LogP contribution is 2.04. The van der Waals surface area contributed by atoms with Gasteiger partial charge in [-0.25, -0.2) is 0 Å². The van der Waals surface area contributed by atoms with E-state index in [1.54, 1.807) is 0 Å². The Labute approximate surface area is 177 Å². The van der Waals surface area contributed by atoms with Gasteiger partial charge in [-0.3, -0.25) is 28.8 Å². The molecule has 0 aromatic carbocycles. The van der Waals surface area contributed by atoms with E-state index >= 15 is 0 Å². The second-order valence-corrected chi connectivity index (χ2v) is 6.78. The van der Waals surface area contributed by atoms with E-state index in [-0.39, 0.29) is 6.42 Å². The summed E-state index contributed by atoms with van der Waals surface area (Å²) in [5.41, 5.74) is 10.9. The maximum atomic E-state index is 12.6. The van der Waals surface area contributed by atoms with Gasteiger partial charge in [0.15, 0.2) is 0 Å². The second-order valence-electron chi connectivity index (χ2n) is 6.78. The summed E-state index contributed by atoms with van der Waals surface area (Å²) in [7, 11) is 0. The molecule has 4 unspecified atom stereocenters. The van der Waals surface area contributed by atoms with E-state index in [0.717, 1.165) is 6.92 Å². The fourth-order valence-corrected chi connectivity index (χ4v) is 2.35. The topological polar surface area (TPSA) is 251 Å². The van der Waals surface area contributed by atoms with Crippen LogP contribution in [0.3, 0.4) is 0 Å². The number of carboxylic acid groups (broad SMARTS) is 3. The van der Waals surface area contributed by atoms with E-state index in [1.165, 1.54) is 0 Å². The Bertz CT molecular complexity index is 685. The number of hydrogen-bond acceptors (Lipinski definition) is 8. The number of hydrogen-bond donors (Lipinski definition) is 8. The molecule has 31 heavy (non-hydrogen) atoms. The van der Waals surface area contributed by atoms with Crippen LogP contribution in [0.15, 0.2) is 0 Å². The third kappa shape index (κ3) is 11.5. The maximum absolute atomic E-state index is 12.6. The van der Waals surface area contributed by atoms with Crippen molar-refractivity contribution in [2.24, 2.45) is 11.5 Å². The predicted molar refractivity (Wildman–Crippen MR) is 104 cm³/mol. The summed E-state index contributed by atoms with van der Waals surface area (Å²) in [4.78, 5) is 69.6. The highest BCUT2D eigenvalue weighted by Gasteiger charge is 2.30. The monoisotopic (exact) mass is 447 g/mol. The smallest absolute Gasteiger partial charge is 0.325 e. The van der Waals surface area contributed by atoms with Crippen molar-refractivity contribution in [3.63, 3.8) is 0 Å². The first-order valence-corrected chi connectivity index (χ1v) is 9.42. The van der Waals surface area contributed by atoms with Gasteiger partial charge in [-0.05, 0) is 32.7 Å². The minimum absolute atomic E-state index is 0.0570. The number of aliphatic carboxylic acids is 3. The van der Waals surface area contributed by atoms with E-state index in [2.05, 4.69) is 16.0 Å². The molecule has 0 saturated heterocycles. The van der Waals surface area contributed by atoms with Crippen LogP contribution in [0.25, 0.3) is 0 Å². The number of carbonyl (C=O) groups is 6. The molecule has 0 aromatic rings. The van der Waals surface area contributed by atoms with Crippen LogP contribution in [0, 0.1) is 0 Å². The first-order chi connectivity index (χ1) is 14.4. The van der Waals surface area contributed by atoms with E-state index in [1.807, 2.05) is 0 Å². The van der Waals surface area contributed by atoms with E-state index in [9.17, 15) is 28.8 Å². The Morgan fingerprint density at radius 2 is 1.29 bits per heavy atom. The molecule has 3 amide bonds. The summed E-state index contributed by atoms with van der Waals surface area (Å²) in [6.07, 6.45) is -0.585. The zero-order valence-corrected chi connectivity index (χ0v) is 17.0. The largest absolute Gasteiger partial charge is 0.481 e.